The van der Waals surface area contributed by atoms with Crippen molar-refractivity contribution in [2.45, 2.75) is 13.5 Å². The molecule has 1 N–H and O–H groups in total. The van der Waals surface area contributed by atoms with Gasteiger partial charge in [-0.25, -0.2) is 4.39 Å². The Kier molecular flexibility index (Phi) is 2.72. The fourth-order valence-electron chi connectivity index (χ4n) is 1.42. The molecular formula is C12H12FNO. The summed E-state index contributed by atoms with van der Waals surface area (Å²) in [7, 11) is 0. The Labute approximate surface area is 87.7 Å². The Balaban J connectivity index is 2.05. The van der Waals surface area contributed by atoms with E-state index >= 15 is 0 Å². The average molecular weight is 205 g/mol. The first-order valence-corrected chi connectivity index (χ1v) is 4.77. The Bertz CT molecular complexity index is 437. The van der Waals surface area contributed by atoms with Gasteiger partial charge in [-0.1, -0.05) is 0 Å². The molecule has 0 aliphatic heterocycles. The van der Waals surface area contributed by atoms with Gasteiger partial charge in [0.1, 0.15) is 5.82 Å². The van der Waals surface area contributed by atoms with Crippen LogP contribution >= 0.6 is 0 Å². The first kappa shape index (κ1) is 9.77. The lowest BCUT2D eigenvalue weighted by Crippen LogP contribution is -2.00. The highest BCUT2D eigenvalue weighted by Crippen LogP contribution is 2.16. The van der Waals surface area contributed by atoms with E-state index in [-0.39, 0.29) is 5.82 Å². The molecule has 0 amide bonds. The van der Waals surface area contributed by atoms with Crippen LogP contribution in [0.1, 0.15) is 11.1 Å². The maximum atomic E-state index is 12.8. The summed E-state index contributed by atoms with van der Waals surface area (Å²) in [5.74, 6) is -0.207. The highest BCUT2D eigenvalue weighted by Gasteiger charge is 2.00. The van der Waals surface area contributed by atoms with E-state index in [2.05, 4.69) is 5.32 Å². The summed E-state index contributed by atoms with van der Waals surface area (Å²) in [4.78, 5) is 0. The molecule has 1 aromatic carbocycles. The minimum Gasteiger partial charge on any atom is -0.472 e. The second-order valence-electron chi connectivity index (χ2n) is 3.44. The van der Waals surface area contributed by atoms with E-state index in [0.29, 0.717) is 6.54 Å². The van der Waals surface area contributed by atoms with Gasteiger partial charge in [-0.15, -0.1) is 0 Å². The number of furan rings is 1. The van der Waals surface area contributed by atoms with Gasteiger partial charge in [-0.3, -0.25) is 0 Å². The Morgan fingerprint density at radius 3 is 2.87 bits per heavy atom. The molecular weight excluding hydrogens is 193 g/mol. The van der Waals surface area contributed by atoms with Crippen LogP contribution in [0.15, 0.2) is 41.2 Å². The van der Waals surface area contributed by atoms with Gasteiger partial charge in [-0.2, -0.15) is 0 Å². The van der Waals surface area contributed by atoms with Crippen LogP contribution in [0, 0.1) is 12.7 Å². The van der Waals surface area contributed by atoms with E-state index in [0.717, 1.165) is 16.8 Å². The molecule has 2 aromatic rings. The van der Waals surface area contributed by atoms with Gasteiger partial charge in [0.15, 0.2) is 0 Å². The molecule has 1 heterocycles. The number of hydrogen-bond acceptors (Lipinski definition) is 2. The SMILES string of the molecule is Cc1cc(F)ccc1NCc1ccoc1. The van der Waals surface area contributed by atoms with Crippen LogP contribution in [0.4, 0.5) is 10.1 Å². The fraction of sp³-hybridized carbons (Fsp3) is 0.167. The molecule has 15 heavy (non-hydrogen) atoms. The van der Waals surface area contributed by atoms with Crippen molar-refractivity contribution in [3.05, 3.63) is 53.7 Å². The van der Waals surface area contributed by atoms with Crippen molar-refractivity contribution in [2.75, 3.05) is 5.32 Å². The summed E-state index contributed by atoms with van der Waals surface area (Å²) in [6.45, 7) is 2.56. The molecule has 0 radical (unpaired) electrons. The van der Waals surface area contributed by atoms with Crippen LogP contribution in [0.25, 0.3) is 0 Å². The third-order valence-corrected chi connectivity index (χ3v) is 2.25. The molecule has 0 fully saturated rings. The second kappa shape index (κ2) is 4.17. The van der Waals surface area contributed by atoms with Crippen molar-refractivity contribution in [3.8, 4) is 0 Å². The minimum absolute atomic E-state index is 0.207. The predicted molar refractivity (Wildman–Crippen MR) is 57.2 cm³/mol. The summed E-state index contributed by atoms with van der Waals surface area (Å²) >= 11 is 0. The van der Waals surface area contributed by atoms with Gasteiger partial charge in [0, 0.05) is 17.8 Å². The summed E-state index contributed by atoms with van der Waals surface area (Å²) in [5, 5.41) is 3.22. The standard InChI is InChI=1S/C12H12FNO/c1-9-6-11(13)2-3-12(9)14-7-10-4-5-15-8-10/h2-6,8,14H,7H2,1H3. The highest BCUT2D eigenvalue weighted by atomic mass is 19.1. The first-order chi connectivity index (χ1) is 7.25. The van der Waals surface area contributed by atoms with Gasteiger partial charge in [0.2, 0.25) is 0 Å². The summed E-state index contributed by atoms with van der Waals surface area (Å²) in [5.41, 5.74) is 2.91. The van der Waals surface area contributed by atoms with Gasteiger partial charge in [0.25, 0.3) is 0 Å². The summed E-state index contributed by atoms with van der Waals surface area (Å²) in [6, 6.07) is 6.60. The van der Waals surface area contributed by atoms with E-state index in [1.807, 2.05) is 13.0 Å². The fourth-order valence-corrected chi connectivity index (χ4v) is 1.42. The number of rotatable bonds is 3. The Hall–Kier alpha value is -1.77. The van der Waals surface area contributed by atoms with E-state index in [4.69, 9.17) is 4.42 Å². The predicted octanol–water partition coefficient (Wildman–Crippen LogP) is 3.34. The van der Waals surface area contributed by atoms with Crippen molar-refractivity contribution in [1.82, 2.24) is 0 Å². The largest absolute Gasteiger partial charge is 0.472 e. The lowest BCUT2D eigenvalue weighted by molar-refractivity contribution is 0.564. The molecule has 0 bridgehead atoms. The molecule has 0 saturated heterocycles. The molecule has 78 valence electrons. The normalized spacial score (nSPS) is 10.3. The number of nitrogens with one attached hydrogen (secondary N) is 1. The number of hydrogen-bond donors (Lipinski definition) is 1. The summed E-state index contributed by atoms with van der Waals surface area (Å²) in [6.07, 6.45) is 3.32. The molecule has 0 saturated carbocycles. The van der Waals surface area contributed by atoms with Crippen LogP contribution in [-0.4, -0.2) is 0 Å². The van der Waals surface area contributed by atoms with Crippen LogP contribution in [-0.2, 0) is 6.54 Å². The highest BCUT2D eigenvalue weighted by molar-refractivity contribution is 5.50. The molecule has 2 nitrogen and oxygen atoms in total. The number of anilines is 1. The van der Waals surface area contributed by atoms with Crippen molar-refractivity contribution in [3.63, 3.8) is 0 Å². The third-order valence-electron chi connectivity index (χ3n) is 2.25. The van der Waals surface area contributed by atoms with E-state index < -0.39 is 0 Å². The topological polar surface area (TPSA) is 25.2 Å². The monoisotopic (exact) mass is 205 g/mol. The molecule has 3 heteroatoms. The molecule has 0 atom stereocenters. The third kappa shape index (κ3) is 2.37. The zero-order chi connectivity index (χ0) is 10.7. The molecule has 2 rings (SSSR count). The van der Waals surface area contributed by atoms with E-state index in [1.54, 1.807) is 18.6 Å². The van der Waals surface area contributed by atoms with Gasteiger partial charge >= 0.3 is 0 Å². The van der Waals surface area contributed by atoms with Crippen LogP contribution < -0.4 is 5.32 Å². The first-order valence-electron chi connectivity index (χ1n) is 4.77. The number of aryl methyl sites for hydroxylation is 1. The molecule has 1 aromatic heterocycles. The Morgan fingerprint density at radius 1 is 1.33 bits per heavy atom. The number of halogens is 1. The number of benzene rings is 1. The van der Waals surface area contributed by atoms with Crippen molar-refractivity contribution in [1.29, 1.82) is 0 Å². The second-order valence-corrected chi connectivity index (χ2v) is 3.44. The lowest BCUT2D eigenvalue weighted by Gasteiger charge is -2.07. The molecule has 0 aliphatic carbocycles. The van der Waals surface area contributed by atoms with Crippen LogP contribution in [0.5, 0.6) is 0 Å². The lowest BCUT2D eigenvalue weighted by atomic mass is 10.2. The average Bonchev–Trinajstić information content (AvgIpc) is 2.69. The van der Waals surface area contributed by atoms with Crippen LogP contribution in [0.3, 0.4) is 0 Å². The molecule has 0 aliphatic rings. The van der Waals surface area contributed by atoms with Crippen molar-refractivity contribution < 1.29 is 8.81 Å². The van der Waals surface area contributed by atoms with E-state index in [9.17, 15) is 4.39 Å². The maximum absolute atomic E-state index is 12.8. The Morgan fingerprint density at radius 2 is 2.20 bits per heavy atom. The van der Waals surface area contributed by atoms with Gasteiger partial charge in [-0.05, 0) is 36.8 Å². The minimum atomic E-state index is -0.207. The zero-order valence-corrected chi connectivity index (χ0v) is 8.46. The van der Waals surface area contributed by atoms with Crippen molar-refractivity contribution >= 4 is 5.69 Å². The van der Waals surface area contributed by atoms with E-state index in [1.165, 1.54) is 12.1 Å². The summed E-state index contributed by atoms with van der Waals surface area (Å²) < 4.78 is 17.8. The quantitative estimate of drug-likeness (QED) is 0.831. The molecule has 0 spiro atoms. The zero-order valence-electron chi connectivity index (χ0n) is 8.46. The van der Waals surface area contributed by atoms with Gasteiger partial charge < -0.3 is 9.73 Å². The van der Waals surface area contributed by atoms with Crippen LogP contribution in [0.2, 0.25) is 0 Å². The van der Waals surface area contributed by atoms with Crippen molar-refractivity contribution in [2.24, 2.45) is 0 Å². The van der Waals surface area contributed by atoms with Gasteiger partial charge in [0.05, 0.1) is 12.5 Å². The molecule has 0 unspecified atom stereocenters. The smallest absolute Gasteiger partial charge is 0.123 e. The maximum Gasteiger partial charge on any atom is 0.123 e.